The maximum atomic E-state index is 10.6. The number of rotatable bonds is 12. The molecule has 3 heteroatoms. The molecule has 0 atom stereocenters. The fourth-order valence-corrected chi connectivity index (χ4v) is 2.44. The van der Waals surface area contributed by atoms with E-state index in [1.807, 2.05) is 24.3 Å². The fraction of sp³-hybridized carbons (Fsp3) is 0.611. The highest BCUT2D eigenvalue weighted by molar-refractivity contribution is 5.68. The number of unbranched alkanes of at least 4 members (excludes halogenated alkanes) is 7. The molecule has 0 heterocycles. The van der Waals surface area contributed by atoms with E-state index in [-0.39, 0.29) is 6.61 Å². The predicted octanol–water partition coefficient (Wildman–Crippen LogP) is 4.83. The van der Waals surface area contributed by atoms with Gasteiger partial charge in [0.25, 0.3) is 0 Å². The summed E-state index contributed by atoms with van der Waals surface area (Å²) in [6.07, 6.45) is 11.3. The molecule has 0 saturated carbocycles. The van der Waals surface area contributed by atoms with E-state index in [2.05, 4.69) is 6.92 Å². The Bertz CT molecular complexity index is 401. The molecule has 0 saturated heterocycles. The van der Waals surface area contributed by atoms with Crippen LogP contribution in [0.2, 0.25) is 0 Å². The van der Waals surface area contributed by atoms with Gasteiger partial charge in [0, 0.05) is 0 Å². The zero-order valence-electron chi connectivity index (χ0n) is 13.1. The van der Waals surface area contributed by atoms with Gasteiger partial charge in [0.2, 0.25) is 0 Å². The molecule has 0 aliphatic carbocycles. The van der Waals surface area contributed by atoms with Gasteiger partial charge < -0.3 is 9.84 Å². The Kier molecular flexibility index (Phi) is 9.34. The van der Waals surface area contributed by atoms with Crippen LogP contribution in [-0.2, 0) is 11.2 Å². The second-order valence-corrected chi connectivity index (χ2v) is 5.52. The molecule has 118 valence electrons. The molecule has 0 spiro atoms. The molecule has 0 bridgehead atoms. The second-order valence-electron chi connectivity index (χ2n) is 5.52. The van der Waals surface area contributed by atoms with Crippen LogP contribution >= 0.6 is 0 Å². The van der Waals surface area contributed by atoms with Crippen LogP contribution in [0.15, 0.2) is 24.3 Å². The molecule has 0 unspecified atom stereocenters. The molecule has 1 aromatic rings. The number of aliphatic carboxylic acids is 1. The van der Waals surface area contributed by atoms with Crippen molar-refractivity contribution < 1.29 is 14.6 Å². The Hall–Kier alpha value is -1.51. The maximum absolute atomic E-state index is 10.6. The molecule has 0 aliphatic heterocycles. The highest BCUT2D eigenvalue weighted by atomic mass is 16.5. The Labute approximate surface area is 128 Å². The number of carbonyl (C=O) groups is 1. The fourth-order valence-electron chi connectivity index (χ4n) is 2.44. The lowest BCUT2D eigenvalue weighted by atomic mass is 10.0. The Morgan fingerprint density at radius 1 is 1.00 bits per heavy atom. The number of para-hydroxylation sites is 1. The summed E-state index contributed by atoms with van der Waals surface area (Å²) < 4.78 is 5.32. The van der Waals surface area contributed by atoms with Crippen molar-refractivity contribution >= 4 is 5.97 Å². The number of hydrogen-bond acceptors (Lipinski definition) is 2. The SMILES string of the molecule is CCCCCCCCCCc1ccccc1OCC(=O)O. The van der Waals surface area contributed by atoms with Crippen molar-refractivity contribution in [3.8, 4) is 5.75 Å². The average Bonchev–Trinajstić information content (AvgIpc) is 2.48. The molecule has 0 aliphatic rings. The molecule has 21 heavy (non-hydrogen) atoms. The highest BCUT2D eigenvalue weighted by Crippen LogP contribution is 2.20. The number of carboxylic acid groups (broad SMARTS) is 1. The zero-order chi connectivity index (χ0) is 15.3. The molecule has 0 radical (unpaired) electrons. The summed E-state index contributed by atoms with van der Waals surface area (Å²) in [7, 11) is 0. The van der Waals surface area contributed by atoms with Gasteiger partial charge in [0.15, 0.2) is 6.61 Å². The molecule has 3 nitrogen and oxygen atoms in total. The topological polar surface area (TPSA) is 46.5 Å². The van der Waals surface area contributed by atoms with E-state index in [1.54, 1.807) is 0 Å². The zero-order valence-corrected chi connectivity index (χ0v) is 13.1. The van der Waals surface area contributed by atoms with Gasteiger partial charge in [-0.15, -0.1) is 0 Å². The van der Waals surface area contributed by atoms with Crippen molar-refractivity contribution in [3.63, 3.8) is 0 Å². The standard InChI is InChI=1S/C18H28O3/c1-2-3-4-5-6-7-8-9-12-16-13-10-11-14-17(16)21-15-18(19)20/h10-11,13-14H,2-9,12,15H2,1H3,(H,19,20). The van der Waals surface area contributed by atoms with Crippen molar-refractivity contribution in [2.24, 2.45) is 0 Å². The van der Waals surface area contributed by atoms with Gasteiger partial charge in [-0.1, -0.05) is 70.1 Å². The Morgan fingerprint density at radius 3 is 2.29 bits per heavy atom. The van der Waals surface area contributed by atoms with Crippen molar-refractivity contribution in [2.75, 3.05) is 6.61 Å². The summed E-state index contributed by atoms with van der Waals surface area (Å²) in [5.41, 5.74) is 1.12. The molecule has 0 fully saturated rings. The Balaban J connectivity index is 2.20. The average molecular weight is 292 g/mol. The van der Waals surface area contributed by atoms with Crippen LogP contribution in [0.25, 0.3) is 0 Å². The van der Waals surface area contributed by atoms with Crippen LogP contribution in [0.1, 0.15) is 63.9 Å². The van der Waals surface area contributed by atoms with Crippen LogP contribution in [0.4, 0.5) is 0 Å². The molecule has 1 aromatic carbocycles. The Morgan fingerprint density at radius 2 is 1.62 bits per heavy atom. The van der Waals surface area contributed by atoms with Gasteiger partial charge in [0.1, 0.15) is 5.75 Å². The van der Waals surface area contributed by atoms with Crippen LogP contribution in [0.3, 0.4) is 0 Å². The number of aryl methyl sites for hydroxylation is 1. The van der Waals surface area contributed by atoms with Gasteiger partial charge >= 0.3 is 5.97 Å². The third-order valence-electron chi connectivity index (χ3n) is 3.62. The lowest BCUT2D eigenvalue weighted by Crippen LogP contribution is -2.10. The van der Waals surface area contributed by atoms with Gasteiger partial charge in [-0.05, 0) is 24.5 Å². The minimum absolute atomic E-state index is 0.269. The lowest BCUT2D eigenvalue weighted by molar-refractivity contribution is -0.139. The summed E-state index contributed by atoms with van der Waals surface area (Å²) in [4.78, 5) is 10.6. The van der Waals surface area contributed by atoms with Crippen LogP contribution < -0.4 is 4.74 Å². The van der Waals surface area contributed by atoms with Crippen molar-refractivity contribution in [1.29, 1.82) is 0 Å². The quantitative estimate of drug-likeness (QED) is 0.561. The maximum Gasteiger partial charge on any atom is 0.341 e. The molecule has 1 rings (SSSR count). The third kappa shape index (κ3) is 8.38. The lowest BCUT2D eigenvalue weighted by Gasteiger charge is -2.09. The second kappa shape index (κ2) is 11.2. The minimum Gasteiger partial charge on any atom is -0.482 e. The normalized spacial score (nSPS) is 10.5. The minimum atomic E-state index is -0.933. The van der Waals surface area contributed by atoms with E-state index in [1.165, 1.54) is 44.9 Å². The summed E-state index contributed by atoms with van der Waals surface area (Å²) in [5, 5.41) is 8.68. The summed E-state index contributed by atoms with van der Waals surface area (Å²) >= 11 is 0. The first-order chi connectivity index (χ1) is 10.2. The van der Waals surface area contributed by atoms with E-state index >= 15 is 0 Å². The van der Waals surface area contributed by atoms with E-state index in [4.69, 9.17) is 9.84 Å². The summed E-state index contributed by atoms with van der Waals surface area (Å²) in [5.74, 6) is -0.222. The first-order valence-corrected chi connectivity index (χ1v) is 8.16. The van der Waals surface area contributed by atoms with E-state index < -0.39 is 5.97 Å². The molecule has 0 aromatic heterocycles. The molecular weight excluding hydrogens is 264 g/mol. The smallest absolute Gasteiger partial charge is 0.341 e. The van der Waals surface area contributed by atoms with E-state index in [0.717, 1.165) is 18.4 Å². The van der Waals surface area contributed by atoms with Crippen LogP contribution in [0.5, 0.6) is 5.75 Å². The molecule has 1 N–H and O–H groups in total. The van der Waals surface area contributed by atoms with Crippen molar-refractivity contribution in [2.45, 2.75) is 64.7 Å². The van der Waals surface area contributed by atoms with Gasteiger partial charge in [-0.2, -0.15) is 0 Å². The van der Waals surface area contributed by atoms with Crippen LogP contribution in [0, 0.1) is 0 Å². The summed E-state index contributed by atoms with van der Waals surface area (Å²) in [6.45, 7) is 1.97. The number of ether oxygens (including phenoxy) is 1. The summed E-state index contributed by atoms with van der Waals surface area (Å²) in [6, 6.07) is 7.74. The van der Waals surface area contributed by atoms with Crippen molar-refractivity contribution in [1.82, 2.24) is 0 Å². The van der Waals surface area contributed by atoms with E-state index in [9.17, 15) is 4.79 Å². The van der Waals surface area contributed by atoms with Crippen molar-refractivity contribution in [3.05, 3.63) is 29.8 Å². The third-order valence-corrected chi connectivity index (χ3v) is 3.62. The van der Waals surface area contributed by atoms with Gasteiger partial charge in [-0.25, -0.2) is 4.79 Å². The van der Waals surface area contributed by atoms with Gasteiger partial charge in [-0.3, -0.25) is 0 Å². The highest BCUT2D eigenvalue weighted by Gasteiger charge is 2.05. The predicted molar refractivity (Wildman–Crippen MR) is 85.9 cm³/mol. The van der Waals surface area contributed by atoms with Gasteiger partial charge in [0.05, 0.1) is 0 Å². The number of benzene rings is 1. The first-order valence-electron chi connectivity index (χ1n) is 8.16. The number of hydrogen-bond donors (Lipinski definition) is 1. The largest absolute Gasteiger partial charge is 0.482 e. The molecular formula is C18H28O3. The first kappa shape index (κ1) is 17.5. The van der Waals surface area contributed by atoms with E-state index in [0.29, 0.717) is 5.75 Å². The molecule has 0 amide bonds. The van der Waals surface area contributed by atoms with Crippen LogP contribution in [-0.4, -0.2) is 17.7 Å². The number of carboxylic acids is 1. The monoisotopic (exact) mass is 292 g/mol.